The van der Waals surface area contributed by atoms with E-state index >= 15 is 0 Å². The molecule has 3 amide bonds. The average Bonchev–Trinajstić information content (AvgIpc) is 2.18. The molecule has 0 spiro atoms. The summed E-state index contributed by atoms with van der Waals surface area (Å²) in [6.07, 6.45) is 0. The number of amides is 3. The van der Waals surface area contributed by atoms with Gasteiger partial charge in [0.1, 0.15) is 0 Å². The molecule has 4 N–H and O–H groups in total. The van der Waals surface area contributed by atoms with Crippen LogP contribution in [0.2, 0.25) is 0 Å². The summed E-state index contributed by atoms with van der Waals surface area (Å²) in [6.45, 7) is 1.33. The number of methoxy groups -OCH3 is 1. The maximum Gasteiger partial charge on any atom is 0.321 e. The quantitative estimate of drug-likeness (QED) is 0.500. The molecule has 0 aliphatic rings. The fourth-order valence-electron chi connectivity index (χ4n) is 0.722. The number of carbonyl (C=O) groups is 2. The topological polar surface area (TPSA) is 93.5 Å². The Labute approximate surface area is 93.3 Å². The molecule has 0 radical (unpaired) electrons. The number of nitrogens with one attached hydrogen (secondary N) is 2. The maximum atomic E-state index is 11.1. The van der Waals surface area contributed by atoms with E-state index in [-0.39, 0.29) is 11.7 Å². The fraction of sp³-hybridized carbons (Fsp3) is 0.750. The average molecular weight is 235 g/mol. The number of hydrogen-bond acceptors (Lipinski definition) is 5. The molecule has 0 aliphatic heterocycles. The third kappa shape index (κ3) is 9.51. The van der Waals surface area contributed by atoms with E-state index in [1.807, 2.05) is 0 Å². The van der Waals surface area contributed by atoms with E-state index in [0.717, 1.165) is 0 Å². The molecule has 15 heavy (non-hydrogen) atoms. The Morgan fingerprint density at radius 2 is 2.20 bits per heavy atom. The summed E-state index contributed by atoms with van der Waals surface area (Å²) in [5, 5.41) is 4.67. The molecule has 0 bridgehead atoms. The van der Waals surface area contributed by atoms with Crippen molar-refractivity contribution in [1.29, 1.82) is 0 Å². The van der Waals surface area contributed by atoms with Gasteiger partial charge in [0.15, 0.2) is 0 Å². The zero-order valence-electron chi connectivity index (χ0n) is 8.75. The lowest BCUT2D eigenvalue weighted by Crippen LogP contribution is -2.41. The first-order chi connectivity index (χ1) is 7.20. The van der Waals surface area contributed by atoms with Crippen LogP contribution in [0.5, 0.6) is 0 Å². The zero-order valence-corrected chi connectivity index (χ0v) is 9.56. The number of rotatable bonds is 7. The number of ether oxygens (including phenoxy) is 1. The highest BCUT2D eigenvalue weighted by atomic mass is 32.2. The van der Waals surface area contributed by atoms with Crippen LogP contribution in [0.1, 0.15) is 0 Å². The molecule has 0 aliphatic carbocycles. The molecule has 0 saturated heterocycles. The molecule has 0 fully saturated rings. The van der Waals surface area contributed by atoms with E-state index in [2.05, 4.69) is 10.6 Å². The van der Waals surface area contributed by atoms with E-state index in [4.69, 9.17) is 10.5 Å². The number of imide groups is 1. The van der Waals surface area contributed by atoms with Crippen molar-refractivity contribution in [2.45, 2.75) is 0 Å². The fourth-order valence-corrected chi connectivity index (χ4v) is 1.29. The molecule has 0 aromatic rings. The van der Waals surface area contributed by atoms with Crippen molar-refractivity contribution in [2.75, 3.05) is 38.3 Å². The monoisotopic (exact) mass is 235 g/mol. The van der Waals surface area contributed by atoms with Gasteiger partial charge < -0.3 is 15.8 Å². The largest absolute Gasteiger partial charge is 0.383 e. The first kappa shape index (κ1) is 14.2. The Kier molecular flexibility index (Phi) is 9.24. The lowest BCUT2D eigenvalue weighted by atomic mass is 10.6. The van der Waals surface area contributed by atoms with Gasteiger partial charge in [0.25, 0.3) is 0 Å². The number of hydrogen-bond donors (Lipinski definition) is 3. The Balaban J connectivity index is 3.45. The third-order valence-corrected chi connectivity index (χ3v) is 2.33. The summed E-state index contributed by atoms with van der Waals surface area (Å²) < 4.78 is 4.73. The van der Waals surface area contributed by atoms with Gasteiger partial charge >= 0.3 is 6.03 Å². The van der Waals surface area contributed by atoms with Gasteiger partial charge in [-0.3, -0.25) is 10.1 Å². The van der Waals surface area contributed by atoms with Crippen LogP contribution >= 0.6 is 11.8 Å². The van der Waals surface area contributed by atoms with Crippen molar-refractivity contribution >= 4 is 23.7 Å². The molecule has 0 aromatic carbocycles. The van der Waals surface area contributed by atoms with Crippen LogP contribution in [0.3, 0.4) is 0 Å². The second-order valence-corrected chi connectivity index (χ2v) is 3.74. The van der Waals surface area contributed by atoms with E-state index in [1.54, 1.807) is 0 Å². The van der Waals surface area contributed by atoms with Gasteiger partial charge in [-0.05, 0) is 0 Å². The number of carbonyl (C=O) groups excluding carboxylic acids is 2. The number of thioether (sulfide) groups is 1. The van der Waals surface area contributed by atoms with Crippen LogP contribution in [0.4, 0.5) is 4.79 Å². The third-order valence-electron chi connectivity index (χ3n) is 1.34. The lowest BCUT2D eigenvalue weighted by Gasteiger charge is -2.05. The minimum absolute atomic E-state index is 0.245. The SMILES string of the molecule is COCCNC(=O)NC(=O)CSCCN. The summed E-state index contributed by atoms with van der Waals surface area (Å²) >= 11 is 1.39. The molecule has 0 aromatic heterocycles. The van der Waals surface area contributed by atoms with Gasteiger partial charge in [0.2, 0.25) is 5.91 Å². The van der Waals surface area contributed by atoms with Gasteiger partial charge in [-0.2, -0.15) is 11.8 Å². The summed E-state index contributed by atoms with van der Waals surface area (Å²) in [5.41, 5.74) is 5.25. The minimum Gasteiger partial charge on any atom is -0.383 e. The maximum absolute atomic E-state index is 11.1. The van der Waals surface area contributed by atoms with Crippen LogP contribution in [0.15, 0.2) is 0 Å². The van der Waals surface area contributed by atoms with Crippen LogP contribution in [0, 0.1) is 0 Å². The van der Waals surface area contributed by atoms with Gasteiger partial charge in [-0.15, -0.1) is 0 Å². The van der Waals surface area contributed by atoms with Crippen LogP contribution in [0.25, 0.3) is 0 Å². The van der Waals surface area contributed by atoms with Gasteiger partial charge in [-0.1, -0.05) is 0 Å². The van der Waals surface area contributed by atoms with Gasteiger partial charge in [0.05, 0.1) is 12.4 Å². The number of urea groups is 1. The standard InChI is InChI=1S/C8H17N3O3S/c1-14-4-3-10-8(13)11-7(12)6-15-5-2-9/h2-6,9H2,1H3,(H2,10,11,12,13). The second kappa shape index (κ2) is 9.75. The lowest BCUT2D eigenvalue weighted by molar-refractivity contribution is -0.117. The normalized spacial score (nSPS) is 9.73. The Hall–Kier alpha value is -0.790. The van der Waals surface area contributed by atoms with E-state index < -0.39 is 6.03 Å². The smallest absolute Gasteiger partial charge is 0.321 e. The Morgan fingerprint density at radius 3 is 2.80 bits per heavy atom. The molecule has 7 heteroatoms. The van der Waals surface area contributed by atoms with Gasteiger partial charge in [-0.25, -0.2) is 4.79 Å². The van der Waals surface area contributed by atoms with E-state index in [9.17, 15) is 9.59 Å². The predicted molar refractivity (Wildman–Crippen MR) is 59.8 cm³/mol. The van der Waals surface area contributed by atoms with Crippen molar-refractivity contribution in [1.82, 2.24) is 10.6 Å². The Morgan fingerprint density at radius 1 is 1.47 bits per heavy atom. The van der Waals surface area contributed by atoms with Crippen molar-refractivity contribution in [2.24, 2.45) is 5.73 Å². The highest BCUT2D eigenvalue weighted by molar-refractivity contribution is 7.99. The predicted octanol–water partition coefficient (Wildman–Crippen LogP) is -0.849. The molecule has 0 rings (SSSR count). The van der Waals surface area contributed by atoms with E-state index in [0.29, 0.717) is 25.4 Å². The molecule has 0 unspecified atom stereocenters. The minimum atomic E-state index is -0.495. The second-order valence-electron chi connectivity index (χ2n) is 2.64. The Bertz CT molecular complexity index is 182. The summed E-state index contributed by atoms with van der Waals surface area (Å²) in [4.78, 5) is 22.1. The molecule has 0 atom stereocenters. The first-order valence-electron chi connectivity index (χ1n) is 4.55. The van der Waals surface area contributed by atoms with Crippen LogP contribution in [-0.4, -0.2) is 50.3 Å². The van der Waals surface area contributed by atoms with Crippen LogP contribution in [-0.2, 0) is 9.53 Å². The summed E-state index contributed by atoms with van der Waals surface area (Å²) in [7, 11) is 1.54. The highest BCUT2D eigenvalue weighted by Gasteiger charge is 2.06. The molecular weight excluding hydrogens is 218 g/mol. The molecule has 0 heterocycles. The van der Waals surface area contributed by atoms with Crippen molar-refractivity contribution < 1.29 is 14.3 Å². The molecule has 88 valence electrons. The highest BCUT2D eigenvalue weighted by Crippen LogP contribution is 1.95. The summed E-state index contributed by atoms with van der Waals surface area (Å²) in [6, 6.07) is -0.495. The van der Waals surface area contributed by atoms with Gasteiger partial charge in [0, 0.05) is 26.0 Å². The summed E-state index contributed by atoms with van der Waals surface area (Å²) in [5.74, 6) is 0.636. The van der Waals surface area contributed by atoms with Crippen LogP contribution < -0.4 is 16.4 Å². The molecular formula is C8H17N3O3S. The zero-order chi connectivity index (χ0) is 11.5. The van der Waals surface area contributed by atoms with Crippen molar-refractivity contribution in [3.8, 4) is 0 Å². The molecule has 6 nitrogen and oxygen atoms in total. The van der Waals surface area contributed by atoms with Crippen molar-refractivity contribution in [3.63, 3.8) is 0 Å². The van der Waals surface area contributed by atoms with Crippen molar-refractivity contribution in [3.05, 3.63) is 0 Å². The number of nitrogens with two attached hydrogens (primary N) is 1. The van der Waals surface area contributed by atoms with E-state index in [1.165, 1.54) is 18.9 Å². The molecule has 0 saturated carbocycles. The first-order valence-corrected chi connectivity index (χ1v) is 5.70.